The molecule has 2 heterocycles. The van der Waals surface area contributed by atoms with E-state index in [9.17, 15) is 0 Å². The average Bonchev–Trinajstić information content (AvgIpc) is 3.84. The summed E-state index contributed by atoms with van der Waals surface area (Å²) in [7, 11) is 0. The average molecular weight is 725 g/mol. The van der Waals surface area contributed by atoms with E-state index in [2.05, 4.69) is 166 Å². The lowest BCUT2D eigenvalue weighted by molar-refractivity contribution is 0.660. The molecule has 2 heteroatoms. The molecular weight excluding hydrogens is 689 g/mol. The van der Waals surface area contributed by atoms with Gasteiger partial charge >= 0.3 is 0 Å². The van der Waals surface area contributed by atoms with Crippen molar-refractivity contribution in [2.45, 2.75) is 32.6 Å². The zero-order valence-electron chi connectivity index (χ0n) is 30.5. The maximum absolute atomic E-state index is 2.46. The number of hydrogen-bond donors (Lipinski definition) is 0. The van der Waals surface area contributed by atoms with Crippen molar-refractivity contribution in [3.63, 3.8) is 0 Å². The molecule has 0 spiro atoms. The van der Waals surface area contributed by atoms with Crippen molar-refractivity contribution in [2.75, 3.05) is 0 Å². The van der Waals surface area contributed by atoms with Gasteiger partial charge < -0.3 is 0 Å². The first-order chi connectivity index (χ1) is 26.4. The van der Waals surface area contributed by atoms with Crippen molar-refractivity contribution >= 4 is 91.3 Å². The maximum atomic E-state index is 2.46. The van der Waals surface area contributed by atoms with E-state index in [1.54, 1.807) is 0 Å². The molecule has 8 aromatic carbocycles. The molecule has 54 heavy (non-hydrogen) atoms. The molecule has 0 saturated carbocycles. The standard InChI is InChI=1S/C52H36S2/c1-29-16-24-45-42(26-29)39-21-20-37-38(51(39)54-45)22-25-46-50(37)40-19-17-31(28-47(40)53-46)49-35-13-6-4-11-33(35)48(34-12-5-7-14-36(34)49)30-18-23-44-41(27-30)32-10-8-9-15-43(32)52(44,2)3/h4-25,27-29H,26H2,1-3H3. The highest BCUT2D eigenvalue weighted by Gasteiger charge is 2.35. The summed E-state index contributed by atoms with van der Waals surface area (Å²) in [5, 5.41) is 12.1. The molecule has 2 aromatic heterocycles. The van der Waals surface area contributed by atoms with Gasteiger partial charge in [0.1, 0.15) is 0 Å². The highest BCUT2D eigenvalue weighted by molar-refractivity contribution is 7.26. The SMILES string of the molecule is CC1C=Cc2sc3c(ccc4c3ccc3sc5cc(-c6c7ccccc7c(-c7ccc8c(c7)-c7ccccc7C8(C)C)c7ccccc67)ccc5c34)c2C1. The van der Waals surface area contributed by atoms with Gasteiger partial charge in [-0.1, -0.05) is 142 Å². The minimum Gasteiger partial charge on any atom is -0.135 e. The van der Waals surface area contributed by atoms with Gasteiger partial charge in [-0.15, -0.1) is 22.7 Å². The van der Waals surface area contributed by atoms with Crippen LogP contribution < -0.4 is 0 Å². The van der Waals surface area contributed by atoms with Crippen molar-refractivity contribution < 1.29 is 0 Å². The van der Waals surface area contributed by atoms with Crippen LogP contribution in [0.25, 0.3) is 102 Å². The van der Waals surface area contributed by atoms with Crippen molar-refractivity contribution in [3.05, 3.63) is 161 Å². The molecular formula is C52H36S2. The smallest absolute Gasteiger partial charge is 0.0430 e. The number of fused-ring (bicyclic) bond motifs is 14. The third kappa shape index (κ3) is 4.13. The molecule has 0 aliphatic heterocycles. The molecule has 0 N–H and O–H groups in total. The Morgan fingerprint density at radius 1 is 0.519 bits per heavy atom. The van der Waals surface area contributed by atoms with Gasteiger partial charge in [0.2, 0.25) is 0 Å². The number of allylic oxidation sites excluding steroid dienone is 1. The molecule has 2 aliphatic carbocycles. The number of benzene rings is 8. The van der Waals surface area contributed by atoms with Crippen molar-refractivity contribution in [1.29, 1.82) is 0 Å². The van der Waals surface area contributed by atoms with E-state index in [0.29, 0.717) is 5.92 Å². The highest BCUT2D eigenvalue weighted by atomic mass is 32.1. The lowest BCUT2D eigenvalue weighted by Crippen LogP contribution is -2.14. The van der Waals surface area contributed by atoms with Crippen molar-refractivity contribution in [1.82, 2.24) is 0 Å². The van der Waals surface area contributed by atoms with E-state index < -0.39 is 0 Å². The Balaban J connectivity index is 1.07. The van der Waals surface area contributed by atoms with Gasteiger partial charge in [0.25, 0.3) is 0 Å². The second-order valence-corrected chi connectivity index (χ2v) is 18.2. The Labute approximate surface area is 322 Å². The second kappa shape index (κ2) is 11.0. The van der Waals surface area contributed by atoms with Crippen LogP contribution in [0.5, 0.6) is 0 Å². The van der Waals surface area contributed by atoms with Crippen LogP contribution in [-0.2, 0) is 11.8 Å². The quantitative estimate of drug-likeness (QED) is 0.156. The predicted molar refractivity (Wildman–Crippen MR) is 238 cm³/mol. The van der Waals surface area contributed by atoms with Crippen LogP contribution in [0, 0.1) is 5.92 Å². The van der Waals surface area contributed by atoms with Gasteiger partial charge in [-0.3, -0.25) is 0 Å². The molecule has 1 unspecified atom stereocenters. The van der Waals surface area contributed by atoms with Gasteiger partial charge in [-0.05, 0) is 119 Å². The Bertz CT molecular complexity index is 3230. The third-order valence-corrected chi connectivity index (χ3v) is 15.0. The van der Waals surface area contributed by atoms with Gasteiger partial charge in [-0.25, -0.2) is 0 Å². The normalized spacial score (nSPS) is 15.9. The van der Waals surface area contributed by atoms with E-state index >= 15 is 0 Å². The van der Waals surface area contributed by atoms with Crippen molar-refractivity contribution in [2.24, 2.45) is 5.92 Å². The fourth-order valence-corrected chi connectivity index (χ4v) is 12.5. The minimum atomic E-state index is -0.0119. The summed E-state index contributed by atoms with van der Waals surface area (Å²) >= 11 is 3.90. The maximum Gasteiger partial charge on any atom is 0.0430 e. The van der Waals surface area contributed by atoms with Crippen LogP contribution >= 0.6 is 22.7 Å². The van der Waals surface area contributed by atoms with Gasteiger partial charge in [0.15, 0.2) is 0 Å². The minimum absolute atomic E-state index is 0.0119. The molecule has 0 bridgehead atoms. The van der Waals surface area contributed by atoms with Crippen molar-refractivity contribution in [3.8, 4) is 33.4 Å². The lowest BCUT2D eigenvalue weighted by Gasteiger charge is -2.22. The summed E-state index contributed by atoms with van der Waals surface area (Å²) in [5.41, 5.74) is 12.2. The van der Waals surface area contributed by atoms with Crippen LogP contribution in [0.15, 0.2) is 140 Å². The van der Waals surface area contributed by atoms with Gasteiger partial charge in [0, 0.05) is 40.6 Å². The monoisotopic (exact) mass is 724 g/mol. The Hall–Kier alpha value is -5.54. The molecule has 256 valence electrons. The van der Waals surface area contributed by atoms with E-state index in [0.717, 1.165) is 6.42 Å². The molecule has 0 saturated heterocycles. The van der Waals surface area contributed by atoms with E-state index in [-0.39, 0.29) is 5.41 Å². The Morgan fingerprint density at radius 3 is 1.89 bits per heavy atom. The number of hydrogen-bond acceptors (Lipinski definition) is 2. The Morgan fingerprint density at radius 2 is 1.13 bits per heavy atom. The fourth-order valence-electron chi connectivity index (χ4n) is 10.1. The van der Waals surface area contributed by atoms with Crippen LogP contribution in [0.4, 0.5) is 0 Å². The molecule has 12 rings (SSSR count). The third-order valence-electron chi connectivity index (χ3n) is 12.6. The summed E-state index contributed by atoms with van der Waals surface area (Å²) in [6, 6.07) is 51.1. The molecule has 0 amide bonds. The zero-order chi connectivity index (χ0) is 35.9. The molecule has 0 radical (unpaired) electrons. The van der Waals surface area contributed by atoms with E-state index in [1.807, 2.05) is 22.7 Å². The molecule has 2 aliphatic rings. The van der Waals surface area contributed by atoms with Crippen LogP contribution in [0.2, 0.25) is 0 Å². The van der Waals surface area contributed by atoms with Crippen LogP contribution in [0.1, 0.15) is 42.3 Å². The van der Waals surface area contributed by atoms with Crippen LogP contribution in [0.3, 0.4) is 0 Å². The topological polar surface area (TPSA) is 0 Å². The summed E-state index contributed by atoms with van der Waals surface area (Å²) in [6.07, 6.45) is 5.86. The summed E-state index contributed by atoms with van der Waals surface area (Å²) in [6.45, 7) is 7.05. The number of rotatable bonds is 2. The summed E-state index contributed by atoms with van der Waals surface area (Å²) in [5.74, 6) is 0.596. The first-order valence-electron chi connectivity index (χ1n) is 19.1. The van der Waals surface area contributed by atoms with E-state index in [1.165, 1.54) is 118 Å². The molecule has 0 fully saturated rings. The Kier molecular flexibility index (Phi) is 6.29. The summed E-state index contributed by atoms with van der Waals surface area (Å²) < 4.78 is 4.13. The van der Waals surface area contributed by atoms with Gasteiger partial charge in [-0.2, -0.15) is 0 Å². The first kappa shape index (κ1) is 30.9. The van der Waals surface area contributed by atoms with E-state index in [4.69, 9.17) is 0 Å². The fraction of sp³-hybridized carbons (Fsp3) is 0.115. The summed E-state index contributed by atoms with van der Waals surface area (Å²) in [4.78, 5) is 1.44. The molecule has 0 nitrogen and oxygen atoms in total. The first-order valence-corrected chi connectivity index (χ1v) is 20.8. The molecule has 10 aromatic rings. The predicted octanol–water partition coefficient (Wildman–Crippen LogP) is 15.6. The van der Waals surface area contributed by atoms with Crippen LogP contribution in [-0.4, -0.2) is 0 Å². The highest BCUT2D eigenvalue weighted by Crippen LogP contribution is 2.52. The van der Waals surface area contributed by atoms with Gasteiger partial charge in [0.05, 0.1) is 0 Å². The lowest BCUT2D eigenvalue weighted by atomic mass is 9.81. The number of thiophene rings is 2. The zero-order valence-corrected chi connectivity index (χ0v) is 32.1. The molecule has 1 atom stereocenters. The largest absolute Gasteiger partial charge is 0.135 e. The second-order valence-electron chi connectivity index (χ2n) is 16.0.